The van der Waals surface area contributed by atoms with Gasteiger partial charge >= 0.3 is 0 Å². The Kier molecular flexibility index (Phi) is 4.33. The minimum Gasteiger partial charge on any atom is -0.469 e. The third-order valence-electron chi connectivity index (χ3n) is 3.46. The van der Waals surface area contributed by atoms with Gasteiger partial charge in [0.1, 0.15) is 12.0 Å². The lowest BCUT2D eigenvalue weighted by atomic mass is 9.97. The van der Waals surface area contributed by atoms with E-state index in [0.29, 0.717) is 5.56 Å². The normalized spacial score (nSPS) is 21.9. The van der Waals surface area contributed by atoms with E-state index >= 15 is 0 Å². The second kappa shape index (κ2) is 5.79. The van der Waals surface area contributed by atoms with Crippen LogP contribution in [0, 0.1) is 6.92 Å². The van der Waals surface area contributed by atoms with Gasteiger partial charge in [0.25, 0.3) is 5.91 Å². The zero-order chi connectivity index (χ0) is 13.1. The highest BCUT2D eigenvalue weighted by Gasteiger charge is 2.28. The van der Waals surface area contributed by atoms with Gasteiger partial charge < -0.3 is 9.32 Å². The molecule has 2 atom stereocenters. The number of furan rings is 1. The van der Waals surface area contributed by atoms with Gasteiger partial charge in [-0.05, 0) is 45.6 Å². The van der Waals surface area contributed by atoms with E-state index in [2.05, 4.69) is 0 Å². The van der Waals surface area contributed by atoms with Crippen LogP contribution in [0.5, 0.6) is 0 Å². The Morgan fingerprint density at radius 3 is 3.00 bits per heavy atom. The van der Waals surface area contributed by atoms with Crippen LogP contribution in [-0.4, -0.2) is 28.8 Å². The fraction of sp³-hybridized carbons (Fsp3) is 0.643. The molecule has 0 bridgehead atoms. The number of carbonyl (C=O) groups excluding carboxylic acids is 1. The van der Waals surface area contributed by atoms with Gasteiger partial charge in [0.15, 0.2) is 0 Å². The summed E-state index contributed by atoms with van der Waals surface area (Å²) >= 11 is 6.07. The summed E-state index contributed by atoms with van der Waals surface area (Å²) in [5.41, 5.74) is 0.654. The lowest BCUT2D eigenvalue weighted by Crippen LogP contribution is -2.44. The van der Waals surface area contributed by atoms with Crippen LogP contribution in [0.2, 0.25) is 0 Å². The smallest absolute Gasteiger partial charge is 0.257 e. The monoisotopic (exact) mass is 269 g/mol. The second-order valence-electron chi connectivity index (χ2n) is 5.11. The van der Waals surface area contributed by atoms with E-state index in [-0.39, 0.29) is 17.3 Å². The Bertz CT molecular complexity index is 414. The molecule has 3 nitrogen and oxygen atoms in total. The molecule has 1 amide bonds. The summed E-state index contributed by atoms with van der Waals surface area (Å²) in [7, 11) is 0. The van der Waals surface area contributed by atoms with Crippen molar-refractivity contribution in [2.45, 2.75) is 50.9 Å². The maximum Gasteiger partial charge on any atom is 0.257 e. The van der Waals surface area contributed by atoms with E-state index in [1.54, 1.807) is 12.3 Å². The van der Waals surface area contributed by atoms with E-state index in [4.69, 9.17) is 16.0 Å². The molecule has 1 aromatic heterocycles. The van der Waals surface area contributed by atoms with Gasteiger partial charge in [-0.3, -0.25) is 4.79 Å². The third kappa shape index (κ3) is 3.08. The summed E-state index contributed by atoms with van der Waals surface area (Å²) < 4.78 is 5.22. The van der Waals surface area contributed by atoms with Crippen molar-refractivity contribution in [2.24, 2.45) is 0 Å². The number of hydrogen-bond donors (Lipinski definition) is 0. The Morgan fingerprint density at radius 2 is 2.39 bits per heavy atom. The average Bonchev–Trinajstić information content (AvgIpc) is 2.75. The Labute approximate surface area is 113 Å². The molecule has 18 heavy (non-hydrogen) atoms. The molecule has 1 saturated heterocycles. The highest BCUT2D eigenvalue weighted by Crippen LogP contribution is 2.24. The van der Waals surface area contributed by atoms with Gasteiger partial charge in [-0.2, -0.15) is 0 Å². The number of alkyl halides is 1. The van der Waals surface area contributed by atoms with Gasteiger partial charge in [0, 0.05) is 18.0 Å². The lowest BCUT2D eigenvalue weighted by Gasteiger charge is -2.36. The predicted octanol–water partition coefficient (Wildman–Crippen LogP) is 3.60. The first-order valence-corrected chi connectivity index (χ1v) is 7.01. The molecular formula is C14H20ClNO2. The van der Waals surface area contributed by atoms with E-state index in [9.17, 15) is 4.79 Å². The van der Waals surface area contributed by atoms with E-state index in [1.807, 2.05) is 18.7 Å². The molecule has 2 heterocycles. The van der Waals surface area contributed by atoms with Crippen molar-refractivity contribution in [2.75, 3.05) is 6.54 Å². The summed E-state index contributed by atoms with van der Waals surface area (Å²) in [5, 5.41) is 0.106. The van der Waals surface area contributed by atoms with Crippen molar-refractivity contribution >= 4 is 17.5 Å². The Balaban J connectivity index is 2.10. The van der Waals surface area contributed by atoms with Crippen molar-refractivity contribution in [1.29, 1.82) is 0 Å². The molecule has 0 saturated carbocycles. The fourth-order valence-electron chi connectivity index (χ4n) is 2.61. The van der Waals surface area contributed by atoms with Gasteiger partial charge in [-0.1, -0.05) is 0 Å². The molecule has 0 spiro atoms. The topological polar surface area (TPSA) is 33.5 Å². The quantitative estimate of drug-likeness (QED) is 0.786. The summed E-state index contributed by atoms with van der Waals surface area (Å²) in [6.45, 7) is 4.67. The number of amides is 1. The predicted molar refractivity (Wildman–Crippen MR) is 72.1 cm³/mol. The minimum absolute atomic E-state index is 0.0777. The van der Waals surface area contributed by atoms with E-state index in [0.717, 1.165) is 31.6 Å². The van der Waals surface area contributed by atoms with Crippen LogP contribution in [0.15, 0.2) is 16.7 Å². The van der Waals surface area contributed by atoms with Crippen molar-refractivity contribution in [3.8, 4) is 0 Å². The number of halogens is 1. The van der Waals surface area contributed by atoms with Crippen LogP contribution in [0.4, 0.5) is 0 Å². The number of nitrogens with zero attached hydrogens (tertiary/aromatic N) is 1. The largest absolute Gasteiger partial charge is 0.469 e. The molecule has 4 heteroatoms. The molecule has 1 fully saturated rings. The zero-order valence-corrected chi connectivity index (χ0v) is 11.7. The summed E-state index contributed by atoms with van der Waals surface area (Å²) in [5.74, 6) is 0.853. The second-order valence-corrected chi connectivity index (χ2v) is 5.86. The summed E-state index contributed by atoms with van der Waals surface area (Å²) in [6.07, 6.45) is 5.73. The van der Waals surface area contributed by atoms with Crippen molar-refractivity contribution in [3.63, 3.8) is 0 Å². The van der Waals surface area contributed by atoms with Crippen molar-refractivity contribution in [1.82, 2.24) is 4.90 Å². The first-order chi connectivity index (χ1) is 8.58. The number of carbonyl (C=O) groups is 1. The molecule has 0 aliphatic carbocycles. The van der Waals surface area contributed by atoms with Gasteiger partial charge in [-0.15, -0.1) is 11.6 Å². The SMILES string of the molecule is Cc1cc(C(=O)N2CCCCC2CC(C)Cl)co1. The molecular weight excluding hydrogens is 250 g/mol. The van der Waals surface area contributed by atoms with Crippen LogP contribution in [-0.2, 0) is 0 Å². The Hall–Kier alpha value is -0.960. The molecule has 1 aliphatic heterocycles. The first kappa shape index (κ1) is 13.5. The molecule has 1 aliphatic rings. The highest BCUT2D eigenvalue weighted by atomic mass is 35.5. The number of aryl methyl sites for hydroxylation is 1. The van der Waals surface area contributed by atoms with Crippen molar-refractivity contribution < 1.29 is 9.21 Å². The number of likely N-dealkylation sites (tertiary alicyclic amines) is 1. The summed E-state index contributed by atoms with van der Waals surface area (Å²) in [6, 6.07) is 2.08. The molecule has 1 aromatic rings. The third-order valence-corrected chi connectivity index (χ3v) is 3.64. The number of hydrogen-bond acceptors (Lipinski definition) is 2. The Morgan fingerprint density at radius 1 is 1.61 bits per heavy atom. The van der Waals surface area contributed by atoms with Gasteiger partial charge in [-0.25, -0.2) is 0 Å². The standard InChI is InChI=1S/C14H20ClNO2/c1-10(15)7-13-5-3-4-6-16(13)14(17)12-8-11(2)18-9-12/h8-10,13H,3-7H2,1-2H3. The van der Waals surface area contributed by atoms with Crippen molar-refractivity contribution in [3.05, 3.63) is 23.7 Å². The molecule has 0 aromatic carbocycles. The average molecular weight is 270 g/mol. The number of rotatable bonds is 3. The zero-order valence-electron chi connectivity index (χ0n) is 11.0. The maximum absolute atomic E-state index is 12.4. The van der Waals surface area contributed by atoms with Crippen LogP contribution < -0.4 is 0 Å². The molecule has 0 N–H and O–H groups in total. The van der Waals surface area contributed by atoms with Crippen LogP contribution in [0.1, 0.15) is 48.7 Å². The van der Waals surface area contributed by atoms with Crippen LogP contribution in [0.25, 0.3) is 0 Å². The summed E-state index contributed by atoms with van der Waals surface area (Å²) in [4.78, 5) is 14.4. The molecule has 100 valence electrons. The molecule has 2 rings (SSSR count). The molecule has 0 radical (unpaired) electrons. The first-order valence-electron chi connectivity index (χ1n) is 6.58. The fourth-order valence-corrected chi connectivity index (χ4v) is 2.81. The van der Waals surface area contributed by atoms with Gasteiger partial charge in [0.05, 0.1) is 5.56 Å². The minimum atomic E-state index is 0.0777. The number of piperidine rings is 1. The van der Waals surface area contributed by atoms with Crippen LogP contribution >= 0.6 is 11.6 Å². The maximum atomic E-state index is 12.4. The molecule has 2 unspecified atom stereocenters. The van der Waals surface area contributed by atoms with Gasteiger partial charge in [0.2, 0.25) is 0 Å². The van der Waals surface area contributed by atoms with Crippen LogP contribution in [0.3, 0.4) is 0 Å². The lowest BCUT2D eigenvalue weighted by molar-refractivity contribution is 0.0601. The van der Waals surface area contributed by atoms with E-state index < -0.39 is 0 Å². The highest BCUT2D eigenvalue weighted by molar-refractivity contribution is 6.20. The van der Waals surface area contributed by atoms with E-state index in [1.165, 1.54) is 6.42 Å².